The lowest BCUT2D eigenvalue weighted by Gasteiger charge is -2.19. The van der Waals surface area contributed by atoms with E-state index in [1.807, 2.05) is 60.7 Å². The highest BCUT2D eigenvalue weighted by Crippen LogP contribution is 2.26. The van der Waals surface area contributed by atoms with Crippen molar-refractivity contribution in [3.05, 3.63) is 71.8 Å². The summed E-state index contributed by atoms with van der Waals surface area (Å²) >= 11 is 0. The van der Waals surface area contributed by atoms with E-state index in [0.29, 0.717) is 26.2 Å². The summed E-state index contributed by atoms with van der Waals surface area (Å²) in [6, 6.07) is 20.1. The number of ketones is 1. The third-order valence-electron chi connectivity index (χ3n) is 6.06. The summed E-state index contributed by atoms with van der Waals surface area (Å²) in [4.78, 5) is 12.7. The molecule has 182 valence electrons. The van der Waals surface area contributed by atoms with E-state index in [0.717, 1.165) is 24.0 Å². The molecule has 1 aliphatic heterocycles. The SMILES string of the molecule is CCCCCCCCC#CC(=O)[C@@H]1C[C@H](OCc2ccccc2)[C@@H](COCc2ccccc2)O1. The maximum absolute atomic E-state index is 12.7. The van der Waals surface area contributed by atoms with Crippen molar-refractivity contribution in [1.29, 1.82) is 0 Å². The van der Waals surface area contributed by atoms with E-state index >= 15 is 0 Å². The first kappa shape index (κ1) is 26.2. The van der Waals surface area contributed by atoms with Crippen molar-refractivity contribution in [1.82, 2.24) is 0 Å². The van der Waals surface area contributed by atoms with Gasteiger partial charge >= 0.3 is 0 Å². The first-order valence-electron chi connectivity index (χ1n) is 12.7. The van der Waals surface area contributed by atoms with Crippen LogP contribution in [0.2, 0.25) is 0 Å². The van der Waals surface area contributed by atoms with Gasteiger partial charge in [0, 0.05) is 12.8 Å². The molecule has 2 aromatic carbocycles. The highest BCUT2D eigenvalue weighted by atomic mass is 16.6. The zero-order valence-corrected chi connectivity index (χ0v) is 20.4. The van der Waals surface area contributed by atoms with E-state index < -0.39 is 6.10 Å². The van der Waals surface area contributed by atoms with E-state index in [4.69, 9.17) is 14.2 Å². The van der Waals surface area contributed by atoms with Gasteiger partial charge in [-0.15, -0.1) is 0 Å². The maximum atomic E-state index is 12.7. The molecule has 3 rings (SSSR count). The Morgan fingerprint density at radius 3 is 2.26 bits per heavy atom. The predicted octanol–water partition coefficient (Wildman–Crippen LogP) is 6.27. The fourth-order valence-electron chi connectivity index (χ4n) is 4.08. The molecule has 1 aliphatic rings. The molecule has 2 aromatic rings. The van der Waals surface area contributed by atoms with Crippen molar-refractivity contribution < 1.29 is 19.0 Å². The molecule has 0 bridgehead atoms. The van der Waals surface area contributed by atoms with Crippen LogP contribution in [-0.2, 0) is 32.2 Å². The highest BCUT2D eigenvalue weighted by Gasteiger charge is 2.39. The van der Waals surface area contributed by atoms with Gasteiger partial charge in [0.1, 0.15) is 12.2 Å². The molecular formula is C30H38O4. The Kier molecular flexibility index (Phi) is 11.9. The second-order valence-electron chi connectivity index (χ2n) is 8.92. The number of hydrogen-bond acceptors (Lipinski definition) is 4. The Hall–Kier alpha value is -2.45. The number of Topliss-reactive ketones (excluding diaryl/α,β-unsaturated/α-hetero) is 1. The fraction of sp³-hybridized carbons (Fsp3) is 0.500. The van der Waals surface area contributed by atoms with Gasteiger partial charge in [0.2, 0.25) is 5.78 Å². The van der Waals surface area contributed by atoms with Crippen LogP contribution in [0.4, 0.5) is 0 Å². The zero-order valence-electron chi connectivity index (χ0n) is 20.4. The Morgan fingerprint density at radius 1 is 0.912 bits per heavy atom. The predicted molar refractivity (Wildman–Crippen MR) is 135 cm³/mol. The molecule has 0 aromatic heterocycles. The largest absolute Gasteiger partial charge is 0.374 e. The molecule has 4 heteroatoms. The van der Waals surface area contributed by atoms with Crippen LogP contribution < -0.4 is 0 Å². The van der Waals surface area contributed by atoms with Gasteiger partial charge in [-0.1, -0.05) is 106 Å². The van der Waals surface area contributed by atoms with E-state index in [1.165, 1.54) is 32.1 Å². The Balaban J connectivity index is 1.48. The first-order valence-corrected chi connectivity index (χ1v) is 12.7. The van der Waals surface area contributed by atoms with Crippen molar-refractivity contribution in [3.63, 3.8) is 0 Å². The molecule has 1 saturated heterocycles. The summed E-state index contributed by atoms with van der Waals surface area (Å²) in [5.41, 5.74) is 2.20. The van der Waals surface area contributed by atoms with Crippen molar-refractivity contribution in [2.24, 2.45) is 0 Å². The summed E-state index contributed by atoms with van der Waals surface area (Å²) in [6.07, 6.45) is 7.55. The molecule has 34 heavy (non-hydrogen) atoms. The molecule has 3 atom stereocenters. The third kappa shape index (κ3) is 9.43. The van der Waals surface area contributed by atoms with Crippen LogP contribution in [-0.4, -0.2) is 30.7 Å². The van der Waals surface area contributed by atoms with E-state index in [2.05, 4.69) is 18.8 Å². The Bertz CT molecular complexity index is 884. The molecule has 0 unspecified atom stereocenters. The van der Waals surface area contributed by atoms with Gasteiger partial charge < -0.3 is 14.2 Å². The lowest BCUT2D eigenvalue weighted by atomic mass is 10.1. The van der Waals surface area contributed by atoms with Gasteiger partial charge in [0.05, 0.1) is 25.9 Å². The zero-order chi connectivity index (χ0) is 23.8. The minimum atomic E-state index is -0.553. The Labute approximate surface area is 205 Å². The van der Waals surface area contributed by atoms with Crippen molar-refractivity contribution in [3.8, 4) is 11.8 Å². The number of hydrogen-bond donors (Lipinski definition) is 0. The maximum Gasteiger partial charge on any atom is 0.234 e. The minimum absolute atomic E-state index is 0.148. The van der Waals surface area contributed by atoms with Crippen molar-refractivity contribution >= 4 is 5.78 Å². The van der Waals surface area contributed by atoms with Crippen molar-refractivity contribution in [2.45, 2.75) is 89.8 Å². The average Bonchev–Trinajstić information content (AvgIpc) is 3.28. The van der Waals surface area contributed by atoms with Gasteiger partial charge in [-0.25, -0.2) is 0 Å². The fourth-order valence-corrected chi connectivity index (χ4v) is 4.08. The van der Waals surface area contributed by atoms with Crippen LogP contribution in [0.1, 0.15) is 69.4 Å². The molecule has 0 saturated carbocycles. The second-order valence-corrected chi connectivity index (χ2v) is 8.92. The number of unbranched alkanes of at least 4 members (excludes halogenated alkanes) is 6. The van der Waals surface area contributed by atoms with Crippen LogP contribution in [0.3, 0.4) is 0 Å². The van der Waals surface area contributed by atoms with Gasteiger partial charge in [0.15, 0.2) is 0 Å². The van der Waals surface area contributed by atoms with E-state index in [9.17, 15) is 4.79 Å². The van der Waals surface area contributed by atoms with Crippen LogP contribution in [0.15, 0.2) is 60.7 Å². The highest BCUT2D eigenvalue weighted by molar-refractivity contribution is 5.99. The average molecular weight is 463 g/mol. The molecule has 0 amide bonds. The van der Waals surface area contributed by atoms with Gasteiger partial charge in [0.25, 0.3) is 0 Å². The molecule has 0 radical (unpaired) electrons. The smallest absolute Gasteiger partial charge is 0.234 e. The van der Waals surface area contributed by atoms with Gasteiger partial charge in [-0.2, -0.15) is 0 Å². The van der Waals surface area contributed by atoms with Crippen LogP contribution in [0, 0.1) is 11.8 Å². The normalized spacial score (nSPS) is 19.5. The molecule has 0 spiro atoms. The lowest BCUT2D eigenvalue weighted by molar-refractivity contribution is -0.126. The lowest BCUT2D eigenvalue weighted by Crippen LogP contribution is -2.29. The van der Waals surface area contributed by atoms with Crippen molar-refractivity contribution in [2.75, 3.05) is 6.61 Å². The summed E-state index contributed by atoms with van der Waals surface area (Å²) in [5, 5.41) is 0. The number of carbonyl (C=O) groups is 1. The van der Waals surface area contributed by atoms with E-state index in [-0.39, 0.29) is 18.0 Å². The molecule has 4 nitrogen and oxygen atoms in total. The van der Waals surface area contributed by atoms with Gasteiger partial charge in [-0.05, 0) is 23.5 Å². The Morgan fingerprint density at radius 2 is 1.56 bits per heavy atom. The minimum Gasteiger partial charge on any atom is -0.374 e. The molecular weight excluding hydrogens is 424 g/mol. The second kappa shape index (κ2) is 15.5. The summed E-state index contributed by atoms with van der Waals surface area (Å²) in [6.45, 7) is 3.58. The molecule has 1 heterocycles. The number of rotatable bonds is 14. The van der Waals surface area contributed by atoms with Crippen LogP contribution >= 0.6 is 0 Å². The van der Waals surface area contributed by atoms with Crippen LogP contribution in [0.5, 0.6) is 0 Å². The summed E-state index contributed by atoms with van der Waals surface area (Å²) in [5.74, 6) is 5.72. The summed E-state index contributed by atoms with van der Waals surface area (Å²) in [7, 11) is 0. The quantitative estimate of drug-likeness (QED) is 0.189. The topological polar surface area (TPSA) is 44.8 Å². The third-order valence-corrected chi connectivity index (χ3v) is 6.06. The monoisotopic (exact) mass is 462 g/mol. The number of benzene rings is 2. The molecule has 0 aliphatic carbocycles. The summed E-state index contributed by atoms with van der Waals surface area (Å²) < 4.78 is 18.2. The number of ether oxygens (including phenoxy) is 3. The standard InChI is InChI=1S/C30H38O4/c1-2-3-4-5-6-7-8-15-20-27(31)28-21-29(33-23-26-18-13-10-14-19-26)30(34-28)24-32-22-25-16-11-9-12-17-25/h9-14,16-19,28-30H,2-8,21-24H2,1H3/t28-,29-,30+/m0/s1. The first-order chi connectivity index (χ1) is 16.8. The molecule has 1 fully saturated rings. The molecule has 0 N–H and O–H groups in total. The van der Waals surface area contributed by atoms with Gasteiger partial charge in [-0.3, -0.25) is 4.79 Å². The van der Waals surface area contributed by atoms with E-state index in [1.54, 1.807) is 0 Å². The van der Waals surface area contributed by atoms with Crippen LogP contribution in [0.25, 0.3) is 0 Å². The number of carbonyl (C=O) groups excluding carboxylic acids is 1.